The Kier molecular flexibility index (Phi) is 3.62. The molecule has 18 heavy (non-hydrogen) atoms. The number of amides is 1. The van der Waals surface area contributed by atoms with E-state index in [1.165, 1.54) is 0 Å². The van der Waals surface area contributed by atoms with Gasteiger partial charge in [0.15, 0.2) is 0 Å². The second kappa shape index (κ2) is 5.35. The van der Waals surface area contributed by atoms with Crippen LogP contribution in [0, 0.1) is 0 Å². The number of nitrogens with one attached hydrogen (secondary N) is 1. The van der Waals surface area contributed by atoms with E-state index in [0.29, 0.717) is 24.6 Å². The first-order valence-corrected chi connectivity index (χ1v) is 5.86. The van der Waals surface area contributed by atoms with Gasteiger partial charge in [-0.3, -0.25) is 9.48 Å². The van der Waals surface area contributed by atoms with Crippen LogP contribution in [0.25, 0.3) is 0 Å². The monoisotopic (exact) mass is 244 g/mol. The number of nitrogens with zero attached hydrogens (tertiary/aromatic N) is 2. The van der Waals surface area contributed by atoms with Gasteiger partial charge in [-0.05, 0) is 12.5 Å². The second-order valence-corrected chi connectivity index (χ2v) is 3.94. The zero-order valence-electron chi connectivity index (χ0n) is 10.3. The molecule has 2 aromatic rings. The fourth-order valence-electron chi connectivity index (χ4n) is 1.73. The standard InChI is InChI=1S/C13H16N4O/c1-2-17-11(8-12(14)16-17)13(18)15-9-10-6-4-3-5-7-10/h3-8H,2,9H2,1H3,(H2,14,16)(H,15,18). The SMILES string of the molecule is CCn1nc(N)cc1C(=O)NCc1ccccc1. The molecule has 0 saturated heterocycles. The van der Waals surface area contributed by atoms with Crippen LogP contribution in [0.3, 0.4) is 0 Å². The first kappa shape index (κ1) is 12.2. The van der Waals surface area contributed by atoms with E-state index in [1.807, 2.05) is 37.3 Å². The van der Waals surface area contributed by atoms with Crippen LogP contribution in [-0.2, 0) is 13.1 Å². The highest BCUT2D eigenvalue weighted by Gasteiger charge is 2.12. The van der Waals surface area contributed by atoms with Crippen LogP contribution in [-0.4, -0.2) is 15.7 Å². The van der Waals surface area contributed by atoms with Gasteiger partial charge in [0.2, 0.25) is 0 Å². The number of carbonyl (C=O) groups is 1. The molecule has 5 nitrogen and oxygen atoms in total. The van der Waals surface area contributed by atoms with Crippen molar-refractivity contribution in [1.82, 2.24) is 15.1 Å². The highest BCUT2D eigenvalue weighted by molar-refractivity contribution is 5.93. The minimum atomic E-state index is -0.162. The third-order valence-electron chi connectivity index (χ3n) is 2.63. The number of rotatable bonds is 4. The van der Waals surface area contributed by atoms with Gasteiger partial charge in [0.1, 0.15) is 11.5 Å². The topological polar surface area (TPSA) is 72.9 Å². The van der Waals surface area contributed by atoms with Gasteiger partial charge in [-0.1, -0.05) is 30.3 Å². The number of benzene rings is 1. The summed E-state index contributed by atoms with van der Waals surface area (Å²) in [5.41, 5.74) is 7.14. The van der Waals surface area contributed by atoms with Crippen LogP contribution in [0.5, 0.6) is 0 Å². The number of anilines is 1. The van der Waals surface area contributed by atoms with Gasteiger partial charge in [-0.15, -0.1) is 0 Å². The highest BCUT2D eigenvalue weighted by atomic mass is 16.2. The number of nitrogens with two attached hydrogens (primary N) is 1. The molecular weight excluding hydrogens is 228 g/mol. The third-order valence-corrected chi connectivity index (χ3v) is 2.63. The van der Waals surface area contributed by atoms with Gasteiger partial charge in [0.25, 0.3) is 5.91 Å². The Hall–Kier alpha value is -2.30. The molecule has 0 saturated carbocycles. The molecule has 0 aliphatic heterocycles. The normalized spacial score (nSPS) is 10.3. The van der Waals surface area contributed by atoms with E-state index in [0.717, 1.165) is 5.56 Å². The summed E-state index contributed by atoms with van der Waals surface area (Å²) in [7, 11) is 0. The van der Waals surface area contributed by atoms with Crippen molar-refractivity contribution in [3.05, 3.63) is 47.7 Å². The van der Waals surface area contributed by atoms with Crippen molar-refractivity contribution in [3.8, 4) is 0 Å². The second-order valence-electron chi connectivity index (χ2n) is 3.94. The summed E-state index contributed by atoms with van der Waals surface area (Å²) < 4.78 is 1.59. The molecule has 94 valence electrons. The Labute approximate surface area is 106 Å². The summed E-state index contributed by atoms with van der Waals surface area (Å²) in [6.07, 6.45) is 0. The van der Waals surface area contributed by atoms with E-state index in [4.69, 9.17) is 5.73 Å². The first-order valence-electron chi connectivity index (χ1n) is 5.86. The molecule has 0 fully saturated rings. The van der Waals surface area contributed by atoms with E-state index < -0.39 is 0 Å². The van der Waals surface area contributed by atoms with Crippen LogP contribution in [0.2, 0.25) is 0 Å². The molecule has 0 atom stereocenters. The van der Waals surface area contributed by atoms with Crippen molar-refractivity contribution in [1.29, 1.82) is 0 Å². The molecule has 5 heteroatoms. The zero-order valence-corrected chi connectivity index (χ0v) is 10.3. The lowest BCUT2D eigenvalue weighted by Crippen LogP contribution is -2.25. The predicted molar refractivity (Wildman–Crippen MR) is 69.9 cm³/mol. The van der Waals surface area contributed by atoms with Crippen LogP contribution < -0.4 is 11.1 Å². The fourth-order valence-corrected chi connectivity index (χ4v) is 1.73. The van der Waals surface area contributed by atoms with Gasteiger partial charge < -0.3 is 11.1 Å². The summed E-state index contributed by atoms with van der Waals surface area (Å²) in [5.74, 6) is 0.201. The quantitative estimate of drug-likeness (QED) is 0.854. The molecule has 0 unspecified atom stereocenters. The van der Waals surface area contributed by atoms with Crippen LogP contribution in [0.4, 0.5) is 5.82 Å². The van der Waals surface area contributed by atoms with E-state index in [2.05, 4.69) is 10.4 Å². The Morgan fingerprint density at radius 1 is 1.39 bits per heavy atom. The van der Waals surface area contributed by atoms with E-state index >= 15 is 0 Å². The maximum Gasteiger partial charge on any atom is 0.269 e. The van der Waals surface area contributed by atoms with Gasteiger partial charge in [0, 0.05) is 19.2 Å². The molecule has 0 aliphatic rings. The summed E-state index contributed by atoms with van der Waals surface area (Å²) in [4.78, 5) is 12.0. The van der Waals surface area contributed by atoms with E-state index in [-0.39, 0.29) is 5.91 Å². The highest BCUT2D eigenvalue weighted by Crippen LogP contribution is 2.06. The Balaban J connectivity index is 2.04. The number of hydrogen-bond acceptors (Lipinski definition) is 3. The van der Waals surface area contributed by atoms with Crippen LogP contribution >= 0.6 is 0 Å². The molecule has 2 rings (SSSR count). The number of carbonyl (C=O) groups excluding carboxylic acids is 1. The molecule has 1 aromatic heterocycles. The lowest BCUT2D eigenvalue weighted by molar-refractivity contribution is 0.0940. The molecule has 1 aromatic carbocycles. The van der Waals surface area contributed by atoms with Gasteiger partial charge in [-0.2, -0.15) is 5.10 Å². The predicted octanol–water partition coefficient (Wildman–Crippen LogP) is 1.42. The Morgan fingerprint density at radius 3 is 2.78 bits per heavy atom. The Bertz CT molecular complexity index is 533. The molecule has 1 heterocycles. The van der Waals surface area contributed by atoms with Gasteiger partial charge >= 0.3 is 0 Å². The molecular formula is C13H16N4O. The zero-order chi connectivity index (χ0) is 13.0. The van der Waals surface area contributed by atoms with E-state index in [9.17, 15) is 4.79 Å². The first-order chi connectivity index (χ1) is 8.70. The Morgan fingerprint density at radius 2 is 2.11 bits per heavy atom. The van der Waals surface area contributed by atoms with Gasteiger partial charge in [0.05, 0.1) is 0 Å². The summed E-state index contributed by atoms with van der Waals surface area (Å²) in [6, 6.07) is 11.3. The van der Waals surface area contributed by atoms with Crippen LogP contribution in [0.1, 0.15) is 23.0 Å². The van der Waals surface area contributed by atoms with Crippen molar-refractivity contribution < 1.29 is 4.79 Å². The number of aryl methyl sites for hydroxylation is 1. The number of hydrogen-bond donors (Lipinski definition) is 2. The van der Waals surface area contributed by atoms with Crippen LogP contribution in [0.15, 0.2) is 36.4 Å². The lowest BCUT2D eigenvalue weighted by Gasteiger charge is -2.06. The maximum atomic E-state index is 12.0. The summed E-state index contributed by atoms with van der Waals surface area (Å²) in [6.45, 7) is 3.03. The van der Waals surface area contributed by atoms with Crippen molar-refractivity contribution in [2.45, 2.75) is 20.0 Å². The number of nitrogen functional groups attached to an aromatic ring is 1. The molecule has 0 spiro atoms. The summed E-state index contributed by atoms with van der Waals surface area (Å²) >= 11 is 0. The summed E-state index contributed by atoms with van der Waals surface area (Å²) in [5, 5.41) is 6.89. The largest absolute Gasteiger partial charge is 0.382 e. The fraction of sp³-hybridized carbons (Fsp3) is 0.231. The average molecular weight is 244 g/mol. The number of aromatic nitrogens is 2. The molecule has 1 amide bonds. The van der Waals surface area contributed by atoms with Crippen molar-refractivity contribution in [2.75, 3.05) is 5.73 Å². The van der Waals surface area contributed by atoms with Crippen molar-refractivity contribution in [2.24, 2.45) is 0 Å². The minimum absolute atomic E-state index is 0.162. The molecule has 3 N–H and O–H groups in total. The molecule has 0 radical (unpaired) electrons. The smallest absolute Gasteiger partial charge is 0.269 e. The molecule has 0 aliphatic carbocycles. The van der Waals surface area contributed by atoms with E-state index in [1.54, 1.807) is 10.7 Å². The maximum absolute atomic E-state index is 12.0. The lowest BCUT2D eigenvalue weighted by atomic mass is 10.2. The van der Waals surface area contributed by atoms with Crippen molar-refractivity contribution in [3.63, 3.8) is 0 Å². The molecule has 0 bridgehead atoms. The van der Waals surface area contributed by atoms with Crippen molar-refractivity contribution >= 4 is 11.7 Å². The third kappa shape index (κ3) is 2.68. The van der Waals surface area contributed by atoms with Gasteiger partial charge in [-0.25, -0.2) is 0 Å². The average Bonchev–Trinajstić information content (AvgIpc) is 2.78. The minimum Gasteiger partial charge on any atom is -0.382 e.